The van der Waals surface area contributed by atoms with Crippen LogP contribution < -0.4 is 19.9 Å². The topological polar surface area (TPSA) is 187 Å². The number of nitrogens with one attached hydrogen (secondary N) is 2. The quantitative estimate of drug-likeness (QED) is 0.140. The molecule has 1 fully saturated rings. The first-order valence-corrected chi connectivity index (χ1v) is 18.7. The van der Waals surface area contributed by atoms with E-state index < -0.39 is 70.2 Å². The molecule has 288 valence electrons. The number of fused-ring (bicyclic) bond motifs is 6. The normalized spacial score (nSPS) is 29.7. The van der Waals surface area contributed by atoms with E-state index in [-0.39, 0.29) is 53.0 Å². The van der Waals surface area contributed by atoms with Crippen LogP contribution in [0.15, 0.2) is 64.5 Å². The molecule has 8 rings (SSSR count). The van der Waals surface area contributed by atoms with Gasteiger partial charge in [-0.1, -0.05) is 36.5 Å². The van der Waals surface area contributed by atoms with Gasteiger partial charge in [0.05, 0.1) is 54.7 Å². The number of carbonyl (C=O) groups is 3. The number of Topliss-reactive ketones (excluding diaryl/α,β-unsaturated/α-hetero) is 2. The number of aromatic nitrogens is 1. The minimum absolute atomic E-state index is 0.0831. The van der Waals surface area contributed by atoms with Gasteiger partial charge in [-0.25, -0.2) is 4.79 Å². The maximum Gasteiger partial charge on any atom is 0.331 e. The third kappa shape index (κ3) is 6.17. The Morgan fingerprint density at radius 2 is 1.93 bits per heavy atom. The molecule has 4 heterocycles. The second-order valence-corrected chi connectivity index (χ2v) is 14.9. The molecule has 6 aliphatic rings. The van der Waals surface area contributed by atoms with E-state index in [1.165, 1.54) is 17.0 Å². The molecular weight excluding hydrogens is 710 g/mol. The van der Waals surface area contributed by atoms with Gasteiger partial charge in [0, 0.05) is 34.4 Å². The summed E-state index contributed by atoms with van der Waals surface area (Å²) < 4.78 is 30.3. The zero-order valence-electron chi connectivity index (χ0n) is 30.8. The van der Waals surface area contributed by atoms with Crippen molar-refractivity contribution >= 4 is 23.2 Å². The van der Waals surface area contributed by atoms with Crippen LogP contribution in [0.4, 0.5) is 0 Å². The number of ketones is 2. The summed E-state index contributed by atoms with van der Waals surface area (Å²) in [6, 6.07) is 1.15. The summed E-state index contributed by atoms with van der Waals surface area (Å²) in [5.74, 6) is -4.42. The highest BCUT2D eigenvalue weighted by Crippen LogP contribution is 2.62. The van der Waals surface area contributed by atoms with E-state index in [2.05, 4.69) is 4.98 Å². The maximum absolute atomic E-state index is 14.5. The minimum Gasteiger partial charge on any atom is -0.507 e. The number of phenolic OH excluding ortho intramolecular Hbond substituents is 1. The Kier molecular flexibility index (Phi) is 9.70. The van der Waals surface area contributed by atoms with Crippen molar-refractivity contribution < 1.29 is 53.2 Å². The number of hydrogen-bond acceptors (Lipinski definition) is 12. The van der Waals surface area contributed by atoms with Gasteiger partial charge in [-0.3, -0.25) is 19.4 Å². The van der Waals surface area contributed by atoms with Crippen LogP contribution in [0.2, 0.25) is 0 Å². The zero-order valence-corrected chi connectivity index (χ0v) is 30.8. The number of esters is 1. The van der Waals surface area contributed by atoms with Gasteiger partial charge in [0.15, 0.2) is 35.8 Å². The SMILES string of the molecule is C/C=C/C=C/C=C/C(=O)O[C@@H]1C=CC[C@H]2C(=NC(C)C[NH+]3CCOCC3)c3c(O)c4c5c(c3O[C@H]12)OCO[C@@H]5C[C@@H]1C(=O)c2cc(C)[nH]c(=O)c2C(=O)[C@]41O. The number of benzene rings is 1. The number of morpholine rings is 1. The highest BCUT2D eigenvalue weighted by atomic mass is 16.7. The fourth-order valence-electron chi connectivity index (χ4n) is 8.90. The average molecular weight is 755 g/mol. The fraction of sp³-hybridized carbons (Fsp3) is 0.439. The van der Waals surface area contributed by atoms with Gasteiger partial charge in [0.1, 0.15) is 24.9 Å². The number of ether oxygens (including phenoxy) is 5. The van der Waals surface area contributed by atoms with Crippen molar-refractivity contribution in [3.63, 3.8) is 0 Å². The van der Waals surface area contributed by atoms with Gasteiger partial charge < -0.3 is 43.8 Å². The fourth-order valence-corrected chi connectivity index (χ4v) is 8.90. The van der Waals surface area contributed by atoms with Crippen LogP contribution in [0.5, 0.6) is 17.2 Å². The standard InChI is InChI=1S/C41H43N3O11/c1-4-5-6-7-8-12-28(45)54-26-11-9-10-23-33(42-22(3)19-44-13-15-51-16-14-44)31-35(47)32-30-27(52-20-53-37(30)38(31)55-36(23)26)18-25-34(46)24-17-21(2)43-40(49)29(24)39(48)41(25,32)50/h4-9,11-12,17,22-23,25-27,36,47,50H,10,13-16,18-20H2,1-3H3,(H,43,49)/p+1/b5-4+,7-6+,12-8+,42-33?/t22?,23-,25+,26+,27+,36-,41+/m0/s1. The Hall–Kier alpha value is -5.15. The van der Waals surface area contributed by atoms with Crippen molar-refractivity contribution in [3.8, 4) is 17.2 Å². The van der Waals surface area contributed by atoms with Crippen molar-refractivity contribution in [2.24, 2.45) is 16.8 Å². The van der Waals surface area contributed by atoms with E-state index in [1.807, 2.05) is 32.1 Å². The van der Waals surface area contributed by atoms with Crippen LogP contribution >= 0.6 is 0 Å². The monoisotopic (exact) mass is 754 g/mol. The largest absolute Gasteiger partial charge is 0.507 e. The molecule has 55 heavy (non-hydrogen) atoms. The average Bonchev–Trinajstić information content (AvgIpc) is 3.16. The number of pyridine rings is 1. The molecule has 14 heteroatoms. The van der Waals surface area contributed by atoms with Crippen LogP contribution in [0.25, 0.3) is 0 Å². The molecule has 0 saturated carbocycles. The number of allylic oxidation sites excluding steroid dienone is 6. The lowest BCUT2D eigenvalue weighted by molar-refractivity contribution is -0.908. The zero-order chi connectivity index (χ0) is 38.6. The lowest BCUT2D eigenvalue weighted by atomic mass is 9.60. The first-order chi connectivity index (χ1) is 26.5. The van der Waals surface area contributed by atoms with Gasteiger partial charge >= 0.3 is 5.97 Å². The number of aliphatic hydroxyl groups is 1. The van der Waals surface area contributed by atoms with E-state index in [9.17, 15) is 29.4 Å². The number of rotatable bonds is 7. The summed E-state index contributed by atoms with van der Waals surface area (Å²) in [6.45, 7) is 8.75. The molecule has 14 nitrogen and oxygen atoms in total. The van der Waals surface area contributed by atoms with Crippen molar-refractivity contribution in [2.75, 3.05) is 39.6 Å². The summed E-state index contributed by atoms with van der Waals surface area (Å²) in [7, 11) is 0. The van der Waals surface area contributed by atoms with E-state index in [0.717, 1.165) is 13.1 Å². The molecular formula is C41H44N3O11+. The Labute approximate surface area is 316 Å². The Balaban J connectivity index is 1.28. The van der Waals surface area contributed by atoms with Crippen molar-refractivity contribution in [1.29, 1.82) is 0 Å². The van der Waals surface area contributed by atoms with Gasteiger partial charge in [-0.15, -0.1) is 0 Å². The summed E-state index contributed by atoms with van der Waals surface area (Å²) >= 11 is 0. The number of phenols is 1. The minimum atomic E-state index is -2.64. The highest BCUT2D eigenvalue weighted by Gasteiger charge is 2.63. The summed E-state index contributed by atoms with van der Waals surface area (Å²) in [4.78, 5) is 64.0. The number of quaternary nitrogens is 1. The second-order valence-electron chi connectivity index (χ2n) is 14.9. The summed E-state index contributed by atoms with van der Waals surface area (Å²) in [6.07, 6.45) is 11.5. The Morgan fingerprint density at radius 3 is 2.71 bits per heavy atom. The number of aliphatic imine (C=N–C) groups is 1. The van der Waals surface area contributed by atoms with Gasteiger partial charge in [-0.05, 0) is 45.8 Å². The molecule has 4 N–H and O–H groups in total. The number of aromatic hydroxyl groups is 1. The van der Waals surface area contributed by atoms with Crippen molar-refractivity contribution in [1.82, 2.24) is 4.98 Å². The van der Waals surface area contributed by atoms with E-state index >= 15 is 0 Å². The Bertz CT molecular complexity index is 2160. The lowest BCUT2D eigenvalue weighted by Gasteiger charge is -2.48. The number of aromatic amines is 1. The summed E-state index contributed by atoms with van der Waals surface area (Å²) in [5, 5.41) is 25.2. The van der Waals surface area contributed by atoms with Gasteiger partial charge in [-0.2, -0.15) is 0 Å². The third-order valence-electron chi connectivity index (χ3n) is 11.3. The highest BCUT2D eigenvalue weighted by molar-refractivity contribution is 6.20. The predicted octanol–water partition coefficient (Wildman–Crippen LogP) is 2.11. The van der Waals surface area contributed by atoms with Crippen molar-refractivity contribution in [2.45, 2.75) is 63.6 Å². The number of aryl methyl sites for hydroxylation is 1. The third-order valence-corrected chi connectivity index (χ3v) is 11.3. The first kappa shape index (κ1) is 36.8. The molecule has 0 bridgehead atoms. The predicted molar refractivity (Wildman–Crippen MR) is 197 cm³/mol. The number of H-pyrrole nitrogens is 1. The maximum atomic E-state index is 14.5. The number of nitrogens with zero attached hydrogens (tertiary/aromatic N) is 1. The van der Waals surface area contributed by atoms with E-state index in [4.69, 9.17) is 28.7 Å². The molecule has 2 aromatic rings. The Morgan fingerprint density at radius 1 is 1.15 bits per heavy atom. The molecule has 0 radical (unpaired) electrons. The molecule has 1 aromatic carbocycles. The van der Waals surface area contributed by atoms with Gasteiger partial charge in [0.2, 0.25) is 5.78 Å². The first-order valence-electron chi connectivity index (χ1n) is 18.7. The number of hydrogen-bond donors (Lipinski definition) is 4. The van der Waals surface area contributed by atoms with Crippen LogP contribution in [0.1, 0.15) is 75.9 Å². The van der Waals surface area contributed by atoms with Crippen LogP contribution in [-0.2, 0) is 24.6 Å². The molecule has 1 unspecified atom stereocenters. The molecule has 1 saturated heterocycles. The summed E-state index contributed by atoms with van der Waals surface area (Å²) in [5.41, 5.74) is -3.22. The van der Waals surface area contributed by atoms with E-state index in [1.54, 1.807) is 31.2 Å². The molecule has 3 aliphatic heterocycles. The molecule has 0 spiro atoms. The molecule has 0 amide bonds. The number of carbonyl (C=O) groups excluding carboxylic acids is 3. The van der Waals surface area contributed by atoms with Gasteiger partial charge in [0.25, 0.3) is 5.56 Å². The van der Waals surface area contributed by atoms with Crippen LogP contribution in [0, 0.1) is 18.8 Å². The van der Waals surface area contributed by atoms with Crippen LogP contribution in [-0.4, -0.2) is 96.3 Å². The second kappa shape index (κ2) is 14.5. The van der Waals surface area contributed by atoms with E-state index in [0.29, 0.717) is 37.6 Å². The van der Waals surface area contributed by atoms with Crippen LogP contribution in [0.3, 0.4) is 0 Å². The molecule has 7 atom stereocenters. The van der Waals surface area contributed by atoms with Crippen molar-refractivity contribution in [3.05, 3.63) is 98.5 Å². The molecule has 3 aliphatic carbocycles. The smallest absolute Gasteiger partial charge is 0.331 e. The lowest BCUT2D eigenvalue weighted by Crippen LogP contribution is -3.15. The molecule has 1 aromatic heterocycles.